The highest BCUT2D eigenvalue weighted by Gasteiger charge is 2.31. The zero-order valence-corrected chi connectivity index (χ0v) is 9.32. The topological polar surface area (TPSA) is 133 Å². The summed E-state index contributed by atoms with van der Waals surface area (Å²) in [6.07, 6.45) is -0.713. The van der Waals surface area contributed by atoms with Crippen molar-refractivity contribution in [2.75, 3.05) is 5.75 Å². The molecule has 8 nitrogen and oxygen atoms in total. The van der Waals surface area contributed by atoms with Gasteiger partial charge < -0.3 is 20.8 Å². The van der Waals surface area contributed by atoms with E-state index in [-0.39, 0.29) is 11.0 Å². The van der Waals surface area contributed by atoms with Crippen LogP contribution in [0.3, 0.4) is 0 Å². The van der Waals surface area contributed by atoms with Crippen molar-refractivity contribution in [3.8, 4) is 0 Å². The third kappa shape index (κ3) is 3.94. The molecule has 1 heterocycles. The second-order valence-corrected chi connectivity index (χ2v) is 4.29. The lowest BCUT2D eigenvalue weighted by Crippen LogP contribution is -2.50. The molecule has 1 fully saturated rings. The highest BCUT2D eigenvalue weighted by atomic mass is 32.2. The van der Waals surface area contributed by atoms with Crippen molar-refractivity contribution in [2.45, 2.75) is 18.5 Å². The van der Waals surface area contributed by atoms with E-state index in [0.29, 0.717) is 0 Å². The Morgan fingerprint density at radius 2 is 2.12 bits per heavy atom. The molecule has 0 spiro atoms. The summed E-state index contributed by atoms with van der Waals surface area (Å²) in [5.41, 5.74) is 0. The van der Waals surface area contributed by atoms with E-state index in [1.807, 2.05) is 0 Å². The molecule has 1 unspecified atom stereocenters. The molecular weight excluding hydrogens is 252 g/mol. The number of amides is 2. The Bertz CT molecular complexity index is 371. The molecule has 2 amide bonds. The van der Waals surface area contributed by atoms with Gasteiger partial charge in [-0.3, -0.25) is 14.4 Å². The van der Waals surface area contributed by atoms with Gasteiger partial charge in [-0.05, 0) is 0 Å². The van der Waals surface area contributed by atoms with Crippen LogP contribution >= 0.6 is 11.8 Å². The number of nitrogens with one attached hydrogen (secondary N) is 2. The average molecular weight is 262 g/mol. The van der Waals surface area contributed by atoms with E-state index in [4.69, 9.17) is 10.2 Å². The second-order valence-electron chi connectivity index (χ2n) is 3.29. The maximum Gasteiger partial charge on any atom is 0.326 e. The normalized spacial score (nSPS) is 20.5. The third-order valence-electron chi connectivity index (χ3n) is 1.98. The monoisotopic (exact) mass is 262 g/mol. The molecule has 4 N–H and O–H groups in total. The number of carbonyl (C=O) groups is 4. The Morgan fingerprint density at radius 1 is 1.47 bits per heavy atom. The Morgan fingerprint density at radius 3 is 2.53 bits per heavy atom. The van der Waals surface area contributed by atoms with Gasteiger partial charge in [-0.1, -0.05) is 11.8 Å². The first-order valence-corrected chi connectivity index (χ1v) is 5.57. The van der Waals surface area contributed by atoms with Crippen LogP contribution in [0.15, 0.2) is 0 Å². The predicted octanol–water partition coefficient (Wildman–Crippen LogP) is -1.14. The fourth-order valence-electron chi connectivity index (χ4n) is 1.17. The summed E-state index contributed by atoms with van der Waals surface area (Å²) in [6, 6.07) is -2.31. The first-order valence-electron chi connectivity index (χ1n) is 4.58. The number of carboxylic acids is 2. The van der Waals surface area contributed by atoms with Crippen molar-refractivity contribution in [2.24, 2.45) is 0 Å². The molecule has 0 aromatic rings. The minimum absolute atomic E-state index is 0.198. The number of rotatable bonds is 5. The summed E-state index contributed by atoms with van der Waals surface area (Å²) in [5, 5.41) is 21.2. The number of hydrogen-bond donors (Lipinski definition) is 4. The molecule has 17 heavy (non-hydrogen) atoms. The molecular formula is C8H10N2O6S. The van der Waals surface area contributed by atoms with Crippen molar-refractivity contribution < 1.29 is 29.4 Å². The summed E-state index contributed by atoms with van der Waals surface area (Å²) in [7, 11) is 0. The molecule has 0 aromatic carbocycles. The molecule has 9 heteroatoms. The van der Waals surface area contributed by atoms with Gasteiger partial charge in [0.2, 0.25) is 5.91 Å². The molecule has 0 radical (unpaired) electrons. The molecule has 1 aliphatic heterocycles. The molecule has 0 aromatic heterocycles. The van der Waals surface area contributed by atoms with Gasteiger partial charge >= 0.3 is 11.9 Å². The van der Waals surface area contributed by atoms with E-state index in [0.717, 1.165) is 11.8 Å². The first-order chi connectivity index (χ1) is 7.90. The van der Waals surface area contributed by atoms with Gasteiger partial charge in [0.1, 0.15) is 12.1 Å². The van der Waals surface area contributed by atoms with Crippen LogP contribution in [0.1, 0.15) is 6.42 Å². The van der Waals surface area contributed by atoms with Crippen molar-refractivity contribution in [1.29, 1.82) is 0 Å². The average Bonchev–Trinajstić information content (AvgIpc) is 2.63. The third-order valence-corrected chi connectivity index (χ3v) is 2.86. The van der Waals surface area contributed by atoms with E-state index in [1.165, 1.54) is 0 Å². The lowest BCUT2D eigenvalue weighted by molar-refractivity contribution is -0.147. The van der Waals surface area contributed by atoms with E-state index in [1.54, 1.807) is 0 Å². The Kier molecular flexibility index (Phi) is 4.32. The zero-order chi connectivity index (χ0) is 13.0. The summed E-state index contributed by atoms with van der Waals surface area (Å²) >= 11 is 0.908. The van der Waals surface area contributed by atoms with Gasteiger partial charge in [0.25, 0.3) is 5.24 Å². The van der Waals surface area contributed by atoms with E-state index in [9.17, 15) is 19.2 Å². The van der Waals surface area contributed by atoms with E-state index >= 15 is 0 Å². The largest absolute Gasteiger partial charge is 0.481 e. The molecule has 1 saturated heterocycles. The minimum Gasteiger partial charge on any atom is -0.481 e. The van der Waals surface area contributed by atoms with Crippen LogP contribution in [0.4, 0.5) is 4.79 Å². The summed E-state index contributed by atoms with van der Waals surface area (Å²) in [6.45, 7) is 0. The maximum absolute atomic E-state index is 11.5. The number of thioether (sulfide) groups is 1. The van der Waals surface area contributed by atoms with Crippen LogP contribution in [-0.4, -0.2) is 51.1 Å². The van der Waals surface area contributed by atoms with Gasteiger partial charge in [0.15, 0.2) is 0 Å². The summed E-state index contributed by atoms with van der Waals surface area (Å²) in [4.78, 5) is 43.4. The number of aliphatic carboxylic acids is 2. The highest BCUT2D eigenvalue weighted by Crippen LogP contribution is 2.13. The maximum atomic E-state index is 11.5. The Labute approximate surface area is 99.7 Å². The van der Waals surface area contributed by atoms with Gasteiger partial charge in [-0.15, -0.1) is 0 Å². The van der Waals surface area contributed by atoms with Crippen LogP contribution in [0, 0.1) is 0 Å². The number of carboxylic acid groups (broad SMARTS) is 2. The van der Waals surface area contributed by atoms with E-state index in [2.05, 4.69) is 10.6 Å². The summed E-state index contributed by atoms with van der Waals surface area (Å²) < 4.78 is 0. The molecule has 0 saturated carbocycles. The molecule has 0 aliphatic carbocycles. The molecule has 2 atom stereocenters. The van der Waals surface area contributed by atoms with E-state index < -0.39 is 36.4 Å². The van der Waals surface area contributed by atoms with Gasteiger partial charge in [-0.2, -0.15) is 0 Å². The van der Waals surface area contributed by atoms with Crippen LogP contribution in [-0.2, 0) is 14.4 Å². The predicted molar refractivity (Wildman–Crippen MR) is 56.6 cm³/mol. The van der Waals surface area contributed by atoms with Crippen LogP contribution in [0.25, 0.3) is 0 Å². The smallest absolute Gasteiger partial charge is 0.326 e. The molecule has 0 bridgehead atoms. The van der Waals surface area contributed by atoms with Crippen molar-refractivity contribution in [3.63, 3.8) is 0 Å². The standard InChI is InChI=1S/C8H10N2O6S/c11-5(12)1-3(7(14)15)9-6(13)4-2-17-8(16)10-4/h3-4H,1-2H2,(H,9,13)(H,10,16)(H,11,12)(H,14,15)/t3-,4?/m1/s1. The lowest BCUT2D eigenvalue weighted by atomic mass is 10.2. The van der Waals surface area contributed by atoms with Crippen molar-refractivity contribution in [1.82, 2.24) is 10.6 Å². The Balaban J connectivity index is 2.55. The number of hydrogen-bond acceptors (Lipinski definition) is 5. The SMILES string of the molecule is O=C(O)C[C@@H](NC(=O)C1CSC(=O)N1)C(=O)O. The van der Waals surface area contributed by atoms with Crippen LogP contribution < -0.4 is 10.6 Å². The lowest BCUT2D eigenvalue weighted by Gasteiger charge is -2.15. The molecule has 94 valence electrons. The van der Waals surface area contributed by atoms with Crippen molar-refractivity contribution in [3.05, 3.63) is 0 Å². The second kappa shape index (κ2) is 5.53. The van der Waals surface area contributed by atoms with Crippen LogP contribution in [0.5, 0.6) is 0 Å². The first kappa shape index (κ1) is 13.3. The summed E-state index contributed by atoms with van der Waals surface area (Å²) in [5.74, 6) is -3.26. The van der Waals surface area contributed by atoms with Crippen LogP contribution in [0.2, 0.25) is 0 Å². The van der Waals surface area contributed by atoms with Crippen molar-refractivity contribution >= 4 is 34.8 Å². The molecule has 1 aliphatic rings. The number of carbonyl (C=O) groups excluding carboxylic acids is 2. The van der Waals surface area contributed by atoms with Gasteiger partial charge in [0, 0.05) is 5.75 Å². The molecule has 1 rings (SSSR count). The van der Waals surface area contributed by atoms with Gasteiger partial charge in [0.05, 0.1) is 6.42 Å². The fraction of sp³-hybridized carbons (Fsp3) is 0.500. The Hall–Kier alpha value is -1.77. The van der Waals surface area contributed by atoms with Gasteiger partial charge in [-0.25, -0.2) is 4.79 Å². The fourth-order valence-corrected chi connectivity index (χ4v) is 1.95. The minimum atomic E-state index is -1.50. The highest BCUT2D eigenvalue weighted by molar-refractivity contribution is 8.14. The zero-order valence-electron chi connectivity index (χ0n) is 8.50. The quantitative estimate of drug-likeness (QED) is 0.492.